The van der Waals surface area contributed by atoms with Crippen molar-refractivity contribution in [3.8, 4) is 0 Å². The first kappa shape index (κ1) is 17.6. The third-order valence-corrected chi connectivity index (χ3v) is 5.57. The number of pyridine rings is 1. The van der Waals surface area contributed by atoms with Crippen LogP contribution in [0.2, 0.25) is 0 Å². The van der Waals surface area contributed by atoms with E-state index in [0.717, 1.165) is 56.3 Å². The predicted molar refractivity (Wildman–Crippen MR) is 108 cm³/mol. The minimum absolute atomic E-state index is 0.0287. The highest BCUT2D eigenvalue weighted by Crippen LogP contribution is 2.35. The Balaban J connectivity index is 1.90. The number of rotatable bonds is 3. The minimum Gasteiger partial charge on any atom is -0.378 e. The fraction of sp³-hybridized carbons (Fsp3) is 0.571. The lowest BCUT2D eigenvalue weighted by atomic mass is 9.99. The smallest absolute Gasteiger partial charge is 0.131 e. The molecule has 0 spiro atoms. The molecule has 2 aliphatic rings. The van der Waals surface area contributed by atoms with Crippen molar-refractivity contribution in [1.29, 1.82) is 0 Å². The number of morpholine rings is 1. The largest absolute Gasteiger partial charge is 0.378 e. The Kier molecular flexibility index (Phi) is 5.00. The molecule has 2 aromatic rings. The number of nitrogens with zero attached hydrogens (tertiary/aromatic N) is 3. The van der Waals surface area contributed by atoms with Crippen LogP contribution in [0.5, 0.6) is 0 Å². The molecule has 140 valence electrons. The molecule has 1 atom stereocenters. The maximum Gasteiger partial charge on any atom is 0.131 e. The van der Waals surface area contributed by atoms with E-state index in [9.17, 15) is 0 Å². The van der Waals surface area contributed by atoms with Gasteiger partial charge in [-0.2, -0.15) is 0 Å². The third kappa shape index (κ3) is 3.38. The second-order valence-electron chi connectivity index (χ2n) is 7.69. The van der Waals surface area contributed by atoms with Crippen LogP contribution in [0, 0.1) is 6.92 Å². The molecule has 0 radical (unpaired) electrons. The van der Waals surface area contributed by atoms with Gasteiger partial charge in [-0.1, -0.05) is 6.07 Å². The lowest BCUT2D eigenvalue weighted by molar-refractivity contribution is 0.123. The minimum atomic E-state index is -0.0287. The van der Waals surface area contributed by atoms with E-state index in [2.05, 4.69) is 41.8 Å². The van der Waals surface area contributed by atoms with Crippen LogP contribution >= 0.6 is 0 Å². The predicted octanol–water partition coefficient (Wildman–Crippen LogP) is 3.39. The van der Waals surface area contributed by atoms with Gasteiger partial charge < -0.3 is 20.3 Å². The molecule has 1 aromatic carbocycles. The molecule has 5 heteroatoms. The maximum atomic E-state index is 6.32. The fourth-order valence-corrected chi connectivity index (χ4v) is 4.17. The van der Waals surface area contributed by atoms with Gasteiger partial charge in [0.1, 0.15) is 5.82 Å². The molecule has 3 heterocycles. The molecular weight excluding hydrogens is 324 g/mol. The fourth-order valence-electron chi connectivity index (χ4n) is 4.17. The van der Waals surface area contributed by atoms with Gasteiger partial charge in [0.2, 0.25) is 0 Å². The summed E-state index contributed by atoms with van der Waals surface area (Å²) >= 11 is 0. The van der Waals surface area contributed by atoms with Gasteiger partial charge in [0.15, 0.2) is 0 Å². The van der Waals surface area contributed by atoms with Gasteiger partial charge in [-0.25, -0.2) is 4.98 Å². The van der Waals surface area contributed by atoms with E-state index >= 15 is 0 Å². The maximum absolute atomic E-state index is 6.32. The molecule has 2 N–H and O–H groups in total. The molecule has 4 rings (SSSR count). The quantitative estimate of drug-likeness (QED) is 0.916. The van der Waals surface area contributed by atoms with E-state index in [4.69, 9.17) is 15.5 Å². The summed E-state index contributed by atoms with van der Waals surface area (Å²) in [4.78, 5) is 10.00. The molecule has 5 nitrogen and oxygen atoms in total. The van der Waals surface area contributed by atoms with Gasteiger partial charge >= 0.3 is 0 Å². The lowest BCUT2D eigenvalue weighted by Crippen LogP contribution is -2.37. The number of hydrogen-bond acceptors (Lipinski definition) is 5. The van der Waals surface area contributed by atoms with Gasteiger partial charge in [-0.15, -0.1) is 0 Å². The first-order valence-electron chi connectivity index (χ1n) is 9.92. The average Bonchev–Trinajstić information content (AvgIpc) is 2.68. The molecule has 2 aliphatic heterocycles. The van der Waals surface area contributed by atoms with Gasteiger partial charge in [-0.3, -0.25) is 0 Å². The van der Waals surface area contributed by atoms with Crippen LogP contribution in [-0.4, -0.2) is 44.4 Å². The first-order valence-corrected chi connectivity index (χ1v) is 9.92. The topological polar surface area (TPSA) is 54.6 Å². The third-order valence-electron chi connectivity index (χ3n) is 5.57. The number of hydrogen-bond donors (Lipinski definition) is 1. The van der Waals surface area contributed by atoms with Crippen molar-refractivity contribution in [2.75, 3.05) is 49.2 Å². The highest BCUT2D eigenvalue weighted by atomic mass is 16.5. The first-order chi connectivity index (χ1) is 12.6. The van der Waals surface area contributed by atoms with Crippen LogP contribution in [0.15, 0.2) is 18.2 Å². The van der Waals surface area contributed by atoms with E-state index in [-0.39, 0.29) is 6.04 Å². The SMILES string of the molecule is Cc1cc(C(C)N)c2nc(N3CCCCC3)cc(N3CCOCC3)c2c1. The summed E-state index contributed by atoms with van der Waals surface area (Å²) in [6.45, 7) is 9.83. The van der Waals surface area contributed by atoms with Crippen molar-refractivity contribution in [3.05, 3.63) is 29.3 Å². The standard InChI is InChI=1S/C21H30N4O/c1-15-12-17(16(2)22)21-18(13-15)19(24-8-10-26-11-9-24)14-20(23-21)25-6-4-3-5-7-25/h12-14,16H,3-11,22H2,1-2H3. The number of anilines is 2. The number of nitrogens with two attached hydrogens (primary N) is 1. The van der Waals surface area contributed by atoms with Gasteiger partial charge in [0.05, 0.1) is 24.4 Å². The highest BCUT2D eigenvalue weighted by Gasteiger charge is 2.21. The Morgan fingerprint density at radius 1 is 1.00 bits per heavy atom. The van der Waals surface area contributed by atoms with Crippen LogP contribution in [0.1, 0.15) is 43.4 Å². The summed E-state index contributed by atoms with van der Waals surface area (Å²) in [7, 11) is 0. The van der Waals surface area contributed by atoms with E-state index in [1.165, 1.54) is 35.9 Å². The normalized spacial score (nSPS) is 19.8. The Morgan fingerprint density at radius 2 is 1.73 bits per heavy atom. The average molecular weight is 354 g/mol. The highest BCUT2D eigenvalue weighted by molar-refractivity contribution is 5.96. The zero-order valence-electron chi connectivity index (χ0n) is 16.0. The van der Waals surface area contributed by atoms with Crippen LogP contribution in [0.25, 0.3) is 10.9 Å². The molecule has 1 aromatic heterocycles. The monoisotopic (exact) mass is 354 g/mol. The van der Waals surface area contributed by atoms with Crippen molar-refractivity contribution < 1.29 is 4.74 Å². The van der Waals surface area contributed by atoms with E-state index in [1.807, 2.05) is 0 Å². The van der Waals surface area contributed by atoms with Crippen molar-refractivity contribution in [2.45, 2.75) is 39.2 Å². The van der Waals surface area contributed by atoms with Crippen molar-refractivity contribution in [2.24, 2.45) is 5.73 Å². The van der Waals surface area contributed by atoms with Crippen molar-refractivity contribution in [1.82, 2.24) is 4.98 Å². The van der Waals surface area contributed by atoms with E-state index < -0.39 is 0 Å². The number of fused-ring (bicyclic) bond motifs is 1. The van der Waals surface area contributed by atoms with Crippen LogP contribution in [0.4, 0.5) is 11.5 Å². The van der Waals surface area contributed by atoms with Crippen LogP contribution in [-0.2, 0) is 4.74 Å². The Labute approximate surface area is 156 Å². The second kappa shape index (κ2) is 7.41. The van der Waals surface area contributed by atoms with Crippen molar-refractivity contribution in [3.63, 3.8) is 0 Å². The number of piperidine rings is 1. The van der Waals surface area contributed by atoms with Gasteiger partial charge in [-0.05, 0) is 50.3 Å². The van der Waals surface area contributed by atoms with Gasteiger partial charge in [0, 0.05) is 43.7 Å². The number of benzene rings is 1. The zero-order valence-corrected chi connectivity index (χ0v) is 16.0. The second-order valence-corrected chi connectivity index (χ2v) is 7.69. The summed E-state index contributed by atoms with van der Waals surface area (Å²) in [5.41, 5.74) is 11.1. The molecule has 2 fully saturated rings. The molecule has 0 saturated carbocycles. The molecule has 1 unspecified atom stereocenters. The molecule has 2 saturated heterocycles. The Morgan fingerprint density at radius 3 is 2.42 bits per heavy atom. The Bertz CT molecular complexity index is 777. The summed E-state index contributed by atoms with van der Waals surface area (Å²) in [6.07, 6.45) is 3.83. The molecule has 26 heavy (non-hydrogen) atoms. The van der Waals surface area contributed by atoms with Crippen molar-refractivity contribution >= 4 is 22.4 Å². The Hall–Kier alpha value is -1.85. The van der Waals surface area contributed by atoms with Gasteiger partial charge in [0.25, 0.3) is 0 Å². The molecule has 0 bridgehead atoms. The lowest BCUT2D eigenvalue weighted by Gasteiger charge is -2.33. The number of aromatic nitrogens is 1. The van der Waals surface area contributed by atoms with Crippen LogP contribution < -0.4 is 15.5 Å². The summed E-state index contributed by atoms with van der Waals surface area (Å²) in [6, 6.07) is 6.73. The molecule has 0 aliphatic carbocycles. The summed E-state index contributed by atoms with van der Waals surface area (Å²) in [5, 5.41) is 1.22. The summed E-state index contributed by atoms with van der Waals surface area (Å²) < 4.78 is 5.58. The number of ether oxygens (including phenoxy) is 1. The van der Waals surface area contributed by atoms with Crippen LogP contribution in [0.3, 0.4) is 0 Å². The molecular formula is C21H30N4O. The molecule has 0 amide bonds. The number of aryl methyl sites for hydroxylation is 1. The van der Waals surface area contributed by atoms with E-state index in [1.54, 1.807) is 0 Å². The van der Waals surface area contributed by atoms with E-state index in [0.29, 0.717) is 0 Å². The zero-order chi connectivity index (χ0) is 18.1. The summed E-state index contributed by atoms with van der Waals surface area (Å²) in [5.74, 6) is 1.10.